The van der Waals surface area contributed by atoms with E-state index in [-0.39, 0.29) is 23.8 Å². The number of fused-ring (bicyclic) bond motifs is 2. The van der Waals surface area contributed by atoms with E-state index in [0.717, 1.165) is 36.0 Å². The number of carbonyl (C=O) groups is 2. The van der Waals surface area contributed by atoms with Crippen molar-refractivity contribution in [2.75, 3.05) is 7.05 Å². The second kappa shape index (κ2) is 9.61. The minimum atomic E-state index is -1.16. The van der Waals surface area contributed by atoms with Gasteiger partial charge in [-0.1, -0.05) is 74.4 Å². The zero-order chi connectivity index (χ0) is 25.3. The molecule has 6 nitrogen and oxygen atoms in total. The standard InChI is InChI=1S/C30H31N3O3/c1-3-4-6-14-25(34)23-13-9-12-21(17-23)22-15-16-26-24(18-22)30(28(35)33(2)29(31)32-30)19-27(36-26)20-10-7-5-8-11-20/h5,7-13,15-18,27H,3-4,6,14,19H2,1-2H3,(H2,31,32)/t27-,30-/m0/s1. The van der Waals surface area contributed by atoms with Crippen LogP contribution in [-0.4, -0.2) is 29.6 Å². The first-order valence-corrected chi connectivity index (χ1v) is 12.6. The van der Waals surface area contributed by atoms with Crippen LogP contribution in [0.4, 0.5) is 0 Å². The largest absolute Gasteiger partial charge is 0.485 e. The van der Waals surface area contributed by atoms with E-state index in [1.165, 1.54) is 4.90 Å². The summed E-state index contributed by atoms with van der Waals surface area (Å²) in [5.74, 6) is 0.803. The molecule has 6 heteroatoms. The Morgan fingerprint density at radius 2 is 1.83 bits per heavy atom. The number of guanidine groups is 1. The normalized spacial score (nSPS) is 20.7. The molecule has 0 bridgehead atoms. The molecular formula is C30H31N3O3. The van der Waals surface area contributed by atoms with Gasteiger partial charge in [-0.3, -0.25) is 14.5 Å². The number of nitrogens with zero attached hydrogens (tertiary/aromatic N) is 2. The Morgan fingerprint density at radius 1 is 1.06 bits per heavy atom. The highest BCUT2D eigenvalue weighted by molar-refractivity contribution is 6.07. The third-order valence-electron chi connectivity index (χ3n) is 7.18. The van der Waals surface area contributed by atoms with E-state index in [9.17, 15) is 9.59 Å². The molecule has 2 aliphatic heterocycles. The molecule has 0 unspecified atom stereocenters. The Balaban J connectivity index is 1.55. The van der Waals surface area contributed by atoms with Gasteiger partial charge in [0.05, 0.1) is 0 Å². The fraction of sp³-hybridized carbons (Fsp3) is 0.300. The lowest BCUT2D eigenvalue weighted by molar-refractivity contribution is -0.132. The van der Waals surface area contributed by atoms with Crippen molar-refractivity contribution in [1.29, 1.82) is 0 Å². The summed E-state index contributed by atoms with van der Waals surface area (Å²) in [6.45, 7) is 2.13. The van der Waals surface area contributed by atoms with E-state index in [1.54, 1.807) is 7.05 Å². The molecule has 0 radical (unpaired) electrons. The third kappa shape index (κ3) is 4.17. The number of hydrogen-bond donors (Lipinski definition) is 1. The van der Waals surface area contributed by atoms with Gasteiger partial charge in [-0.25, -0.2) is 4.99 Å². The monoisotopic (exact) mass is 481 g/mol. The number of Topliss-reactive ketones (excluding diaryl/α,β-unsaturated/α-hetero) is 1. The first kappa shape index (κ1) is 23.8. The van der Waals surface area contributed by atoms with Crippen LogP contribution >= 0.6 is 0 Å². The summed E-state index contributed by atoms with van der Waals surface area (Å²) in [7, 11) is 1.65. The van der Waals surface area contributed by atoms with E-state index < -0.39 is 5.54 Å². The topological polar surface area (TPSA) is 85.0 Å². The van der Waals surface area contributed by atoms with Crippen molar-refractivity contribution in [3.8, 4) is 16.9 Å². The van der Waals surface area contributed by atoms with Crippen molar-refractivity contribution in [1.82, 2.24) is 4.90 Å². The molecule has 0 fully saturated rings. The maximum atomic E-state index is 13.6. The minimum absolute atomic E-state index is 0.152. The molecule has 5 rings (SSSR count). The summed E-state index contributed by atoms with van der Waals surface area (Å²) < 4.78 is 6.40. The first-order chi connectivity index (χ1) is 17.4. The fourth-order valence-corrected chi connectivity index (χ4v) is 5.12. The molecule has 0 saturated heterocycles. The van der Waals surface area contributed by atoms with Crippen LogP contribution in [0.2, 0.25) is 0 Å². The van der Waals surface area contributed by atoms with Crippen LogP contribution in [0.1, 0.15) is 66.6 Å². The molecule has 2 aliphatic rings. The van der Waals surface area contributed by atoms with Gasteiger partial charge in [0.2, 0.25) is 0 Å². The molecule has 3 aromatic carbocycles. The smallest absolute Gasteiger partial charge is 0.261 e. The predicted octanol–water partition coefficient (Wildman–Crippen LogP) is 5.62. The van der Waals surface area contributed by atoms with Crippen molar-refractivity contribution < 1.29 is 14.3 Å². The van der Waals surface area contributed by atoms with Crippen LogP contribution in [0, 0.1) is 0 Å². The van der Waals surface area contributed by atoms with Crippen LogP contribution in [0.25, 0.3) is 11.1 Å². The van der Waals surface area contributed by atoms with E-state index in [0.29, 0.717) is 29.7 Å². The molecule has 0 saturated carbocycles. The van der Waals surface area contributed by atoms with E-state index in [2.05, 4.69) is 6.92 Å². The Kier molecular flexibility index (Phi) is 6.35. The number of hydrogen-bond acceptors (Lipinski definition) is 5. The average Bonchev–Trinajstić information content (AvgIpc) is 3.12. The van der Waals surface area contributed by atoms with Crippen molar-refractivity contribution in [3.05, 3.63) is 89.5 Å². The number of unbranched alkanes of at least 4 members (excludes halogenated alkanes) is 2. The Labute approximate surface area is 211 Å². The highest BCUT2D eigenvalue weighted by Gasteiger charge is 2.53. The number of nitrogens with two attached hydrogens (primary N) is 1. The van der Waals surface area contributed by atoms with Gasteiger partial charge in [-0.15, -0.1) is 0 Å². The second-order valence-electron chi connectivity index (χ2n) is 9.59. The van der Waals surface area contributed by atoms with Gasteiger partial charge in [-0.05, 0) is 41.3 Å². The van der Waals surface area contributed by atoms with Gasteiger partial charge >= 0.3 is 0 Å². The summed E-state index contributed by atoms with van der Waals surface area (Å²) in [6.07, 6.45) is 3.60. The van der Waals surface area contributed by atoms with Crippen molar-refractivity contribution in [2.24, 2.45) is 10.7 Å². The molecule has 0 aromatic heterocycles. The summed E-state index contributed by atoms with van der Waals surface area (Å²) >= 11 is 0. The fourth-order valence-electron chi connectivity index (χ4n) is 5.12. The van der Waals surface area contributed by atoms with Crippen molar-refractivity contribution >= 4 is 17.6 Å². The number of rotatable bonds is 7. The molecule has 0 aliphatic carbocycles. The number of amides is 1. The van der Waals surface area contributed by atoms with E-state index >= 15 is 0 Å². The van der Waals surface area contributed by atoms with Gasteiger partial charge in [0.1, 0.15) is 11.9 Å². The Hall–Kier alpha value is -3.93. The maximum absolute atomic E-state index is 13.6. The lowest BCUT2D eigenvalue weighted by atomic mass is 9.79. The molecule has 3 aromatic rings. The van der Waals surface area contributed by atoms with E-state index in [4.69, 9.17) is 15.5 Å². The highest BCUT2D eigenvalue weighted by Crippen LogP contribution is 2.50. The molecular weight excluding hydrogens is 450 g/mol. The van der Waals surface area contributed by atoms with Gasteiger partial charge < -0.3 is 10.5 Å². The van der Waals surface area contributed by atoms with Crippen LogP contribution in [0.15, 0.2) is 77.8 Å². The van der Waals surface area contributed by atoms with Gasteiger partial charge in [-0.2, -0.15) is 0 Å². The molecule has 2 heterocycles. The molecule has 2 N–H and O–H groups in total. The lowest BCUT2D eigenvalue weighted by Gasteiger charge is -2.37. The Bertz CT molecular complexity index is 1330. The number of ketones is 1. The maximum Gasteiger partial charge on any atom is 0.261 e. The predicted molar refractivity (Wildman–Crippen MR) is 141 cm³/mol. The van der Waals surface area contributed by atoms with E-state index in [1.807, 2.05) is 72.8 Å². The zero-order valence-electron chi connectivity index (χ0n) is 20.7. The van der Waals surface area contributed by atoms with Gasteiger partial charge in [0, 0.05) is 31.0 Å². The summed E-state index contributed by atoms with van der Waals surface area (Å²) in [5.41, 5.74) is 9.18. The molecule has 1 amide bonds. The highest BCUT2D eigenvalue weighted by atomic mass is 16.5. The number of ether oxygens (including phenoxy) is 1. The lowest BCUT2D eigenvalue weighted by Crippen LogP contribution is -2.43. The van der Waals surface area contributed by atoms with Gasteiger partial charge in [0.25, 0.3) is 5.91 Å². The Morgan fingerprint density at radius 3 is 2.56 bits per heavy atom. The molecule has 1 spiro atoms. The average molecular weight is 482 g/mol. The zero-order valence-corrected chi connectivity index (χ0v) is 20.7. The summed E-state index contributed by atoms with van der Waals surface area (Å²) in [5, 5.41) is 0. The molecule has 36 heavy (non-hydrogen) atoms. The van der Waals surface area contributed by atoms with Crippen molar-refractivity contribution in [3.63, 3.8) is 0 Å². The number of benzene rings is 3. The molecule has 2 atom stereocenters. The van der Waals surface area contributed by atoms with Crippen LogP contribution in [-0.2, 0) is 10.3 Å². The van der Waals surface area contributed by atoms with Gasteiger partial charge in [0.15, 0.2) is 17.3 Å². The van der Waals surface area contributed by atoms with Crippen molar-refractivity contribution in [2.45, 2.75) is 50.7 Å². The summed E-state index contributed by atoms with van der Waals surface area (Å²) in [4.78, 5) is 32.4. The molecule has 184 valence electrons. The van der Waals surface area contributed by atoms with Crippen LogP contribution in [0.3, 0.4) is 0 Å². The number of likely N-dealkylation sites (N-methyl/N-ethyl adjacent to an activating group) is 1. The second-order valence-corrected chi connectivity index (χ2v) is 9.59. The number of carbonyl (C=O) groups excluding carboxylic acids is 2. The SMILES string of the molecule is CCCCCC(=O)c1cccc(-c2ccc3c(c2)[C@]2(C[C@@H](c4ccccc4)O3)N=C(N)N(C)C2=O)c1. The quantitative estimate of drug-likeness (QED) is 0.350. The minimum Gasteiger partial charge on any atom is -0.485 e. The number of aliphatic imine (C=N–C) groups is 1. The first-order valence-electron chi connectivity index (χ1n) is 12.6. The van der Waals surface area contributed by atoms with Crippen LogP contribution < -0.4 is 10.5 Å². The third-order valence-corrected chi connectivity index (χ3v) is 7.18. The summed E-state index contributed by atoms with van der Waals surface area (Å²) in [6, 6.07) is 23.4. The van der Waals surface area contributed by atoms with Crippen LogP contribution in [0.5, 0.6) is 5.75 Å².